The van der Waals surface area contributed by atoms with E-state index in [9.17, 15) is 4.79 Å². The predicted octanol–water partition coefficient (Wildman–Crippen LogP) is 3.49. The Morgan fingerprint density at radius 2 is 1.96 bits per heavy atom. The number of ether oxygens (including phenoxy) is 2. The van der Waals surface area contributed by atoms with Crippen molar-refractivity contribution in [2.45, 2.75) is 44.1 Å². The highest BCUT2D eigenvalue weighted by atomic mass is 16.5. The van der Waals surface area contributed by atoms with Crippen LogP contribution in [0.5, 0.6) is 11.5 Å². The Labute approximate surface area is 147 Å². The van der Waals surface area contributed by atoms with E-state index in [0.29, 0.717) is 12.5 Å². The van der Waals surface area contributed by atoms with Gasteiger partial charge in [0.25, 0.3) is 0 Å². The Balaban J connectivity index is 1.79. The van der Waals surface area contributed by atoms with Gasteiger partial charge in [0.15, 0.2) is 0 Å². The number of methoxy groups -OCH3 is 2. The quantitative estimate of drug-likeness (QED) is 0.924. The van der Waals surface area contributed by atoms with Gasteiger partial charge in [-0.05, 0) is 31.0 Å². The summed E-state index contributed by atoms with van der Waals surface area (Å²) in [6.07, 6.45) is 6.97. The van der Waals surface area contributed by atoms with Gasteiger partial charge >= 0.3 is 0 Å². The molecule has 1 N–H and O–H groups in total. The molecule has 1 atom stereocenters. The van der Waals surface area contributed by atoms with E-state index in [4.69, 9.17) is 9.47 Å². The van der Waals surface area contributed by atoms with E-state index in [1.807, 2.05) is 29.1 Å². The van der Waals surface area contributed by atoms with Crippen molar-refractivity contribution >= 4 is 11.7 Å². The van der Waals surface area contributed by atoms with Crippen molar-refractivity contribution in [1.82, 2.24) is 9.78 Å². The third-order valence-electron chi connectivity index (χ3n) is 5.33. The number of anilines is 1. The predicted molar refractivity (Wildman–Crippen MR) is 94.4 cm³/mol. The van der Waals surface area contributed by atoms with Gasteiger partial charge in [-0.15, -0.1) is 0 Å². The lowest BCUT2D eigenvalue weighted by molar-refractivity contribution is -0.116. The van der Waals surface area contributed by atoms with Crippen LogP contribution in [-0.4, -0.2) is 29.9 Å². The molecule has 6 nitrogen and oxygen atoms in total. The number of benzene rings is 1. The van der Waals surface area contributed by atoms with E-state index in [1.165, 1.54) is 12.8 Å². The summed E-state index contributed by atoms with van der Waals surface area (Å²) in [5, 5.41) is 7.66. The molecule has 2 aromatic rings. The van der Waals surface area contributed by atoms with Crippen molar-refractivity contribution in [1.29, 1.82) is 0 Å². The molecule has 0 unspecified atom stereocenters. The van der Waals surface area contributed by atoms with Crippen LogP contribution in [0.3, 0.4) is 0 Å². The Morgan fingerprint density at radius 3 is 2.68 bits per heavy atom. The monoisotopic (exact) mass is 341 g/mol. The number of hydrogen-bond donors (Lipinski definition) is 1. The third-order valence-corrected chi connectivity index (χ3v) is 5.33. The van der Waals surface area contributed by atoms with Gasteiger partial charge in [-0.1, -0.05) is 12.8 Å². The lowest BCUT2D eigenvalue weighted by Crippen LogP contribution is -2.26. The first-order chi connectivity index (χ1) is 12.2. The first kappa shape index (κ1) is 16.0. The second-order valence-electron chi connectivity index (χ2n) is 6.74. The Bertz CT molecular complexity index is 793. The summed E-state index contributed by atoms with van der Waals surface area (Å²) in [6, 6.07) is 6.10. The summed E-state index contributed by atoms with van der Waals surface area (Å²) in [5.41, 5.74) is 2.02. The number of amides is 1. The topological polar surface area (TPSA) is 65.4 Å². The lowest BCUT2D eigenvalue weighted by Gasteiger charge is -2.26. The molecule has 2 heterocycles. The number of aromatic nitrogens is 2. The minimum Gasteiger partial charge on any atom is -0.497 e. The van der Waals surface area contributed by atoms with Gasteiger partial charge in [0.2, 0.25) is 5.91 Å². The summed E-state index contributed by atoms with van der Waals surface area (Å²) in [5.74, 6) is 2.30. The van der Waals surface area contributed by atoms with Crippen LogP contribution in [-0.2, 0) is 4.79 Å². The van der Waals surface area contributed by atoms with Gasteiger partial charge in [0.05, 0.1) is 26.5 Å². The molecule has 1 aliphatic heterocycles. The van der Waals surface area contributed by atoms with Crippen LogP contribution in [0, 0.1) is 0 Å². The summed E-state index contributed by atoms with van der Waals surface area (Å²) in [4.78, 5) is 12.4. The molecule has 6 heteroatoms. The van der Waals surface area contributed by atoms with E-state index in [1.54, 1.807) is 14.2 Å². The molecule has 2 aliphatic rings. The van der Waals surface area contributed by atoms with Crippen LogP contribution in [0.4, 0.5) is 5.82 Å². The number of nitrogens with one attached hydrogen (secondary N) is 1. The molecular formula is C19H23N3O3. The fraction of sp³-hybridized carbons (Fsp3) is 0.474. The van der Waals surface area contributed by atoms with Crippen LogP contribution in [0.2, 0.25) is 0 Å². The van der Waals surface area contributed by atoms with Crippen LogP contribution < -0.4 is 14.8 Å². The number of hydrogen-bond acceptors (Lipinski definition) is 4. The maximum absolute atomic E-state index is 12.4. The Morgan fingerprint density at radius 1 is 1.16 bits per heavy atom. The van der Waals surface area contributed by atoms with Gasteiger partial charge in [-0.3, -0.25) is 4.79 Å². The zero-order chi connectivity index (χ0) is 17.4. The molecule has 1 fully saturated rings. The molecule has 1 aliphatic carbocycles. The van der Waals surface area contributed by atoms with Crippen LogP contribution >= 0.6 is 0 Å². The highest BCUT2D eigenvalue weighted by Gasteiger charge is 2.34. The SMILES string of the molecule is COc1ccc(OC)c([C@@H]2CC(=O)Nc3c2cnn3C2CCCC2)c1. The zero-order valence-electron chi connectivity index (χ0n) is 14.6. The van der Waals surface area contributed by atoms with Crippen molar-refractivity contribution in [3.05, 3.63) is 35.5 Å². The Kier molecular flexibility index (Phi) is 4.11. The Hall–Kier alpha value is -2.50. The minimum atomic E-state index is -0.0797. The summed E-state index contributed by atoms with van der Waals surface area (Å²) in [6.45, 7) is 0. The van der Waals surface area contributed by atoms with Crippen LogP contribution in [0.1, 0.15) is 55.2 Å². The molecule has 4 rings (SSSR count). The molecule has 25 heavy (non-hydrogen) atoms. The van der Waals surface area contributed by atoms with Gasteiger partial charge in [-0.2, -0.15) is 5.10 Å². The van der Waals surface area contributed by atoms with Gasteiger partial charge < -0.3 is 14.8 Å². The lowest BCUT2D eigenvalue weighted by atomic mass is 9.86. The first-order valence-corrected chi connectivity index (χ1v) is 8.80. The smallest absolute Gasteiger partial charge is 0.226 e. The molecule has 0 saturated heterocycles. The second-order valence-corrected chi connectivity index (χ2v) is 6.74. The number of carbonyl (C=O) groups excluding carboxylic acids is 1. The van der Waals surface area contributed by atoms with Crippen molar-refractivity contribution in [2.24, 2.45) is 0 Å². The van der Waals surface area contributed by atoms with Crippen molar-refractivity contribution in [3.8, 4) is 11.5 Å². The molecule has 132 valence electrons. The average molecular weight is 341 g/mol. The van der Waals surface area contributed by atoms with E-state index in [-0.39, 0.29) is 11.8 Å². The first-order valence-electron chi connectivity index (χ1n) is 8.80. The molecule has 1 aromatic heterocycles. The molecule has 0 bridgehead atoms. The van der Waals surface area contributed by atoms with E-state index in [0.717, 1.165) is 41.3 Å². The number of rotatable bonds is 4. The third kappa shape index (κ3) is 2.75. The normalized spacial score (nSPS) is 20.2. The molecule has 0 spiro atoms. The van der Waals surface area contributed by atoms with E-state index in [2.05, 4.69) is 10.4 Å². The largest absolute Gasteiger partial charge is 0.497 e. The van der Waals surface area contributed by atoms with Crippen molar-refractivity contribution in [3.63, 3.8) is 0 Å². The molecule has 1 aromatic carbocycles. The standard InChI is InChI=1S/C19H23N3O3/c1-24-13-7-8-17(25-2)15(9-13)14-10-18(23)21-19-16(14)11-20-22(19)12-5-3-4-6-12/h7-9,11-12,14H,3-6,10H2,1-2H3,(H,21,23)/t14-/m0/s1. The highest BCUT2D eigenvalue weighted by Crippen LogP contribution is 2.43. The highest BCUT2D eigenvalue weighted by molar-refractivity contribution is 5.94. The maximum Gasteiger partial charge on any atom is 0.226 e. The number of carbonyl (C=O) groups is 1. The maximum atomic E-state index is 12.4. The summed E-state index contributed by atoms with van der Waals surface area (Å²) >= 11 is 0. The van der Waals surface area contributed by atoms with Crippen molar-refractivity contribution < 1.29 is 14.3 Å². The van der Waals surface area contributed by atoms with Crippen molar-refractivity contribution in [2.75, 3.05) is 19.5 Å². The van der Waals surface area contributed by atoms with Gasteiger partial charge in [-0.25, -0.2) is 4.68 Å². The van der Waals surface area contributed by atoms with E-state index >= 15 is 0 Å². The van der Waals surface area contributed by atoms with Gasteiger partial charge in [0.1, 0.15) is 17.3 Å². The summed E-state index contributed by atoms with van der Waals surface area (Å²) < 4.78 is 12.9. The zero-order valence-corrected chi connectivity index (χ0v) is 14.6. The fourth-order valence-corrected chi connectivity index (χ4v) is 4.05. The fourth-order valence-electron chi connectivity index (χ4n) is 4.05. The van der Waals surface area contributed by atoms with E-state index < -0.39 is 0 Å². The molecular weight excluding hydrogens is 318 g/mol. The second kappa shape index (κ2) is 6.43. The average Bonchev–Trinajstić information content (AvgIpc) is 3.29. The minimum absolute atomic E-state index is 0.0159. The summed E-state index contributed by atoms with van der Waals surface area (Å²) in [7, 11) is 3.29. The van der Waals surface area contributed by atoms with Crippen LogP contribution in [0.15, 0.2) is 24.4 Å². The number of nitrogens with zero attached hydrogens (tertiary/aromatic N) is 2. The molecule has 1 amide bonds. The molecule has 0 radical (unpaired) electrons. The molecule has 1 saturated carbocycles. The number of fused-ring (bicyclic) bond motifs is 1. The van der Waals surface area contributed by atoms with Crippen LogP contribution in [0.25, 0.3) is 0 Å². The van der Waals surface area contributed by atoms with Gasteiger partial charge in [0, 0.05) is 23.5 Å².